The van der Waals surface area contributed by atoms with Crippen molar-refractivity contribution in [2.24, 2.45) is 0 Å². The number of aromatic nitrogens is 4. The topological polar surface area (TPSA) is 100 Å². The second kappa shape index (κ2) is 9.51. The molecule has 1 N–H and O–H groups in total. The molecule has 0 aliphatic carbocycles. The van der Waals surface area contributed by atoms with Gasteiger partial charge in [-0.1, -0.05) is 12.1 Å². The fraction of sp³-hybridized carbons (Fsp3) is 0.217. The van der Waals surface area contributed by atoms with Gasteiger partial charge in [0.15, 0.2) is 17.1 Å². The van der Waals surface area contributed by atoms with E-state index in [1.807, 2.05) is 0 Å². The first-order valence-corrected chi connectivity index (χ1v) is 10.2. The van der Waals surface area contributed by atoms with Crippen LogP contribution in [0.3, 0.4) is 0 Å². The summed E-state index contributed by atoms with van der Waals surface area (Å²) in [6, 6.07) is 11.0. The van der Waals surface area contributed by atoms with Crippen molar-refractivity contribution in [1.82, 2.24) is 24.6 Å². The maximum absolute atomic E-state index is 13.4. The summed E-state index contributed by atoms with van der Waals surface area (Å²) >= 11 is 0. The van der Waals surface area contributed by atoms with Crippen molar-refractivity contribution >= 4 is 16.9 Å². The van der Waals surface area contributed by atoms with Crippen LogP contribution in [-0.4, -0.2) is 46.0 Å². The first kappa shape index (κ1) is 22.0. The number of amides is 1. The Morgan fingerprint density at radius 1 is 1.12 bits per heavy atom. The standard InChI is InChI=1S/C23H22FN5O4/c1-32-19-7-6-16(11-20(19)33-2)22(30)25-8-9-29-21-18(12-27-29)23(31)28(14-26-21)13-15-4-3-5-17(24)10-15/h3-7,10-12,14H,8-9,13H2,1-2H3,(H,25,30). The van der Waals surface area contributed by atoms with Crippen LogP contribution < -0.4 is 20.3 Å². The van der Waals surface area contributed by atoms with Crippen LogP contribution in [0, 0.1) is 5.82 Å². The lowest BCUT2D eigenvalue weighted by Gasteiger charge is -2.10. The molecule has 1 amide bonds. The molecule has 0 aliphatic heterocycles. The highest BCUT2D eigenvalue weighted by molar-refractivity contribution is 5.94. The van der Waals surface area contributed by atoms with E-state index in [2.05, 4.69) is 15.4 Å². The third kappa shape index (κ3) is 4.69. The van der Waals surface area contributed by atoms with Crippen molar-refractivity contribution in [2.45, 2.75) is 13.1 Å². The summed E-state index contributed by atoms with van der Waals surface area (Å²) in [6.07, 6.45) is 2.86. The first-order valence-electron chi connectivity index (χ1n) is 10.2. The van der Waals surface area contributed by atoms with Gasteiger partial charge in [-0.15, -0.1) is 0 Å². The summed E-state index contributed by atoms with van der Waals surface area (Å²) in [4.78, 5) is 29.6. The van der Waals surface area contributed by atoms with Crippen molar-refractivity contribution in [3.05, 3.63) is 82.3 Å². The Morgan fingerprint density at radius 3 is 2.70 bits per heavy atom. The number of rotatable bonds is 8. The van der Waals surface area contributed by atoms with Crippen molar-refractivity contribution in [3.8, 4) is 11.5 Å². The van der Waals surface area contributed by atoms with Gasteiger partial charge < -0.3 is 14.8 Å². The molecule has 0 atom stereocenters. The third-order valence-electron chi connectivity index (χ3n) is 5.12. The highest BCUT2D eigenvalue weighted by Crippen LogP contribution is 2.27. The molecule has 0 unspecified atom stereocenters. The Bertz CT molecular complexity index is 1360. The number of benzene rings is 2. The van der Waals surface area contributed by atoms with Crippen LogP contribution in [0.15, 0.2) is 59.8 Å². The highest BCUT2D eigenvalue weighted by Gasteiger charge is 2.13. The van der Waals surface area contributed by atoms with E-state index in [9.17, 15) is 14.0 Å². The second-order valence-electron chi connectivity index (χ2n) is 7.24. The Hall–Kier alpha value is -4.21. The number of ether oxygens (including phenoxy) is 2. The van der Waals surface area contributed by atoms with E-state index in [0.717, 1.165) is 0 Å². The van der Waals surface area contributed by atoms with E-state index in [1.165, 1.54) is 43.4 Å². The summed E-state index contributed by atoms with van der Waals surface area (Å²) in [5.74, 6) is 0.350. The van der Waals surface area contributed by atoms with Crippen molar-refractivity contribution in [1.29, 1.82) is 0 Å². The zero-order valence-electron chi connectivity index (χ0n) is 18.1. The fourth-order valence-corrected chi connectivity index (χ4v) is 3.46. The smallest absolute Gasteiger partial charge is 0.264 e. The van der Waals surface area contributed by atoms with Crippen LogP contribution in [0.5, 0.6) is 11.5 Å². The van der Waals surface area contributed by atoms with Gasteiger partial charge in [-0.25, -0.2) is 14.1 Å². The molecule has 0 radical (unpaired) electrons. The zero-order valence-corrected chi connectivity index (χ0v) is 18.1. The van der Waals surface area contributed by atoms with Crippen LogP contribution in [0.4, 0.5) is 4.39 Å². The maximum atomic E-state index is 13.4. The average molecular weight is 451 g/mol. The molecular weight excluding hydrogens is 429 g/mol. The van der Waals surface area contributed by atoms with Gasteiger partial charge in [0.05, 0.1) is 33.5 Å². The molecule has 33 heavy (non-hydrogen) atoms. The fourth-order valence-electron chi connectivity index (χ4n) is 3.46. The SMILES string of the molecule is COc1ccc(C(=O)NCCn2ncc3c(=O)n(Cc4cccc(F)c4)cnc32)cc1OC. The van der Waals surface area contributed by atoms with E-state index in [0.29, 0.717) is 40.2 Å². The lowest BCUT2D eigenvalue weighted by molar-refractivity contribution is 0.0951. The number of methoxy groups -OCH3 is 2. The predicted molar refractivity (Wildman–Crippen MR) is 119 cm³/mol. The van der Waals surface area contributed by atoms with Gasteiger partial charge in [0.1, 0.15) is 17.5 Å². The van der Waals surface area contributed by atoms with Crippen molar-refractivity contribution in [3.63, 3.8) is 0 Å². The molecule has 2 aromatic carbocycles. The Morgan fingerprint density at radius 2 is 1.94 bits per heavy atom. The van der Waals surface area contributed by atoms with E-state index in [-0.39, 0.29) is 30.4 Å². The quantitative estimate of drug-likeness (QED) is 0.441. The lowest BCUT2D eigenvalue weighted by Crippen LogP contribution is -2.27. The number of nitrogens with zero attached hydrogens (tertiary/aromatic N) is 4. The number of carbonyl (C=O) groups is 1. The second-order valence-corrected chi connectivity index (χ2v) is 7.24. The molecule has 0 fully saturated rings. The molecule has 0 spiro atoms. The minimum Gasteiger partial charge on any atom is -0.493 e. The molecule has 2 heterocycles. The van der Waals surface area contributed by atoms with Crippen LogP contribution >= 0.6 is 0 Å². The molecule has 10 heteroatoms. The van der Waals surface area contributed by atoms with Gasteiger partial charge in [0.2, 0.25) is 0 Å². The highest BCUT2D eigenvalue weighted by atomic mass is 19.1. The van der Waals surface area contributed by atoms with Crippen molar-refractivity contribution in [2.75, 3.05) is 20.8 Å². The van der Waals surface area contributed by atoms with E-state index in [1.54, 1.807) is 35.0 Å². The summed E-state index contributed by atoms with van der Waals surface area (Å²) < 4.78 is 26.8. The molecule has 4 rings (SSSR count). The van der Waals surface area contributed by atoms with E-state index in [4.69, 9.17) is 9.47 Å². The average Bonchev–Trinajstić information content (AvgIpc) is 3.24. The van der Waals surface area contributed by atoms with Crippen LogP contribution in [-0.2, 0) is 13.1 Å². The van der Waals surface area contributed by atoms with Gasteiger partial charge >= 0.3 is 0 Å². The number of carbonyl (C=O) groups excluding carboxylic acids is 1. The van der Waals surface area contributed by atoms with Gasteiger partial charge in [0.25, 0.3) is 11.5 Å². The van der Waals surface area contributed by atoms with Crippen LogP contribution in [0.25, 0.3) is 11.0 Å². The van der Waals surface area contributed by atoms with Crippen molar-refractivity contribution < 1.29 is 18.7 Å². The molecule has 2 aromatic heterocycles. The van der Waals surface area contributed by atoms with E-state index < -0.39 is 0 Å². The molecule has 0 saturated heterocycles. The summed E-state index contributed by atoms with van der Waals surface area (Å²) in [5, 5.41) is 7.39. The summed E-state index contributed by atoms with van der Waals surface area (Å²) in [6.45, 7) is 0.799. The normalized spacial score (nSPS) is 10.9. The van der Waals surface area contributed by atoms with Gasteiger partial charge in [-0.2, -0.15) is 5.10 Å². The number of hydrogen-bond acceptors (Lipinski definition) is 6. The minimum absolute atomic E-state index is 0.200. The van der Waals surface area contributed by atoms with Gasteiger partial charge in [-0.05, 0) is 35.9 Å². The van der Waals surface area contributed by atoms with Gasteiger partial charge in [0, 0.05) is 12.1 Å². The lowest BCUT2D eigenvalue weighted by atomic mass is 10.2. The third-order valence-corrected chi connectivity index (χ3v) is 5.12. The Balaban J connectivity index is 1.44. The molecular formula is C23H22FN5O4. The summed E-state index contributed by atoms with van der Waals surface area (Å²) in [5.41, 5.74) is 1.22. The predicted octanol–water partition coefficient (Wildman–Crippen LogP) is 2.23. The Labute approximate surface area is 188 Å². The van der Waals surface area contributed by atoms with Gasteiger partial charge in [-0.3, -0.25) is 14.2 Å². The molecule has 0 bridgehead atoms. The molecule has 4 aromatic rings. The number of nitrogens with one attached hydrogen (secondary N) is 1. The van der Waals surface area contributed by atoms with Crippen LogP contribution in [0.2, 0.25) is 0 Å². The molecule has 9 nitrogen and oxygen atoms in total. The molecule has 0 saturated carbocycles. The summed E-state index contributed by atoms with van der Waals surface area (Å²) in [7, 11) is 3.03. The largest absolute Gasteiger partial charge is 0.493 e. The monoisotopic (exact) mass is 451 g/mol. The minimum atomic E-state index is -0.363. The molecule has 0 aliphatic rings. The Kier molecular flexibility index (Phi) is 6.34. The van der Waals surface area contributed by atoms with E-state index >= 15 is 0 Å². The number of halogens is 1. The maximum Gasteiger partial charge on any atom is 0.264 e. The number of hydrogen-bond donors (Lipinski definition) is 1. The zero-order chi connectivity index (χ0) is 23.4. The number of fused-ring (bicyclic) bond motifs is 1. The first-order chi connectivity index (χ1) is 16.0. The molecule has 170 valence electrons. The van der Waals surface area contributed by atoms with Crippen LogP contribution in [0.1, 0.15) is 15.9 Å².